The van der Waals surface area contributed by atoms with Crippen LogP contribution in [0, 0.1) is 5.92 Å². The fourth-order valence-electron chi connectivity index (χ4n) is 2.37. The maximum Gasteiger partial charge on any atom is 0.326 e. The lowest BCUT2D eigenvalue weighted by Gasteiger charge is -2.36. The van der Waals surface area contributed by atoms with Crippen molar-refractivity contribution in [2.45, 2.75) is 32.2 Å². The number of nitrogens with zero attached hydrogens (tertiary/aromatic N) is 1. The van der Waals surface area contributed by atoms with Crippen LogP contribution >= 0.6 is 0 Å². The van der Waals surface area contributed by atoms with Gasteiger partial charge in [0.15, 0.2) is 0 Å². The molecule has 1 fully saturated rings. The van der Waals surface area contributed by atoms with Crippen LogP contribution in [0.4, 0.5) is 0 Å². The van der Waals surface area contributed by atoms with Crippen LogP contribution in [-0.4, -0.2) is 60.6 Å². The Morgan fingerprint density at radius 3 is 2.60 bits per heavy atom. The highest BCUT2D eigenvalue weighted by molar-refractivity contribution is 5.86. The summed E-state index contributed by atoms with van der Waals surface area (Å²) in [5, 5.41) is 11.7. The molecule has 20 heavy (non-hydrogen) atoms. The highest BCUT2D eigenvalue weighted by Gasteiger charge is 2.37. The van der Waals surface area contributed by atoms with Crippen LogP contribution in [0.5, 0.6) is 0 Å². The molecule has 0 unspecified atom stereocenters. The largest absolute Gasteiger partial charge is 0.480 e. The lowest BCUT2D eigenvalue weighted by Crippen LogP contribution is -2.53. The maximum absolute atomic E-state index is 12.1. The summed E-state index contributed by atoms with van der Waals surface area (Å²) in [7, 11) is 1.53. The quantitative estimate of drug-likeness (QED) is 0.662. The number of likely N-dealkylation sites (tertiary alicyclic amines) is 1. The minimum Gasteiger partial charge on any atom is -0.480 e. The van der Waals surface area contributed by atoms with Gasteiger partial charge in [0.25, 0.3) is 0 Å². The Morgan fingerprint density at radius 1 is 1.35 bits per heavy atom. The van der Waals surface area contributed by atoms with Gasteiger partial charge in [-0.05, 0) is 19.8 Å². The van der Waals surface area contributed by atoms with E-state index in [9.17, 15) is 19.5 Å². The number of hydrogen-bond donors (Lipinski definition) is 2. The first-order chi connectivity index (χ1) is 9.51. The Hall–Kier alpha value is -1.63. The molecule has 0 radical (unpaired) electrons. The van der Waals surface area contributed by atoms with E-state index in [-0.39, 0.29) is 37.3 Å². The molecule has 114 valence electrons. The van der Waals surface area contributed by atoms with Gasteiger partial charge in [0, 0.05) is 20.2 Å². The Morgan fingerprint density at radius 2 is 2.05 bits per heavy atom. The molecular formula is C13H22N2O5. The van der Waals surface area contributed by atoms with Crippen molar-refractivity contribution in [2.75, 3.05) is 26.8 Å². The third-order valence-corrected chi connectivity index (χ3v) is 3.47. The van der Waals surface area contributed by atoms with Crippen molar-refractivity contribution in [3.8, 4) is 0 Å². The van der Waals surface area contributed by atoms with E-state index in [4.69, 9.17) is 4.74 Å². The van der Waals surface area contributed by atoms with Crippen molar-refractivity contribution >= 4 is 17.8 Å². The van der Waals surface area contributed by atoms with E-state index >= 15 is 0 Å². The average Bonchev–Trinajstić information content (AvgIpc) is 2.45. The number of carbonyl (C=O) groups is 3. The third-order valence-electron chi connectivity index (χ3n) is 3.47. The van der Waals surface area contributed by atoms with Crippen LogP contribution in [0.25, 0.3) is 0 Å². The molecule has 0 saturated carbocycles. The molecule has 0 bridgehead atoms. The van der Waals surface area contributed by atoms with Gasteiger partial charge in [-0.15, -0.1) is 0 Å². The second-order valence-electron chi connectivity index (χ2n) is 4.74. The Bertz CT molecular complexity index is 372. The average molecular weight is 286 g/mol. The van der Waals surface area contributed by atoms with Crippen LogP contribution < -0.4 is 5.32 Å². The highest BCUT2D eigenvalue weighted by atomic mass is 16.5. The van der Waals surface area contributed by atoms with E-state index in [1.54, 1.807) is 0 Å². The normalized spacial score (nSPS) is 22.4. The standard InChI is InChI=1S/C13H22N2O5/c1-3-20-7-6-11(16)15-8-9(12(17)14-2)4-5-10(15)13(18)19/h9-10H,3-8H2,1-2H3,(H,14,17)(H,18,19)/t9-,10-/m0/s1. The molecule has 2 N–H and O–H groups in total. The van der Waals surface area contributed by atoms with Crippen molar-refractivity contribution in [3.05, 3.63) is 0 Å². The minimum atomic E-state index is -1.02. The summed E-state index contributed by atoms with van der Waals surface area (Å²) < 4.78 is 5.11. The molecular weight excluding hydrogens is 264 g/mol. The van der Waals surface area contributed by atoms with Gasteiger partial charge in [0.1, 0.15) is 6.04 Å². The molecule has 1 rings (SSSR count). The number of carboxylic acids is 1. The smallest absolute Gasteiger partial charge is 0.326 e. The number of amides is 2. The molecule has 7 nitrogen and oxygen atoms in total. The monoisotopic (exact) mass is 286 g/mol. The molecule has 2 amide bonds. The number of nitrogens with one attached hydrogen (secondary N) is 1. The lowest BCUT2D eigenvalue weighted by molar-refractivity contribution is -0.155. The van der Waals surface area contributed by atoms with Crippen LogP contribution in [0.1, 0.15) is 26.2 Å². The van der Waals surface area contributed by atoms with Crippen molar-refractivity contribution in [3.63, 3.8) is 0 Å². The van der Waals surface area contributed by atoms with Crippen LogP contribution in [0.3, 0.4) is 0 Å². The number of ether oxygens (including phenoxy) is 1. The van der Waals surface area contributed by atoms with Gasteiger partial charge in [0.2, 0.25) is 11.8 Å². The van der Waals surface area contributed by atoms with E-state index in [1.165, 1.54) is 11.9 Å². The second-order valence-corrected chi connectivity index (χ2v) is 4.74. The van der Waals surface area contributed by atoms with E-state index in [2.05, 4.69) is 5.32 Å². The summed E-state index contributed by atoms with van der Waals surface area (Å²) in [6.45, 7) is 2.76. The van der Waals surface area contributed by atoms with Crippen molar-refractivity contribution in [1.29, 1.82) is 0 Å². The summed E-state index contributed by atoms with van der Waals surface area (Å²) in [6, 6.07) is -0.843. The maximum atomic E-state index is 12.1. The predicted molar refractivity (Wildman–Crippen MR) is 71.0 cm³/mol. The molecule has 1 saturated heterocycles. The third kappa shape index (κ3) is 4.19. The number of carbonyl (C=O) groups excluding carboxylic acids is 2. The molecule has 0 aromatic rings. The molecule has 0 spiro atoms. The fourth-order valence-corrected chi connectivity index (χ4v) is 2.37. The highest BCUT2D eigenvalue weighted by Crippen LogP contribution is 2.23. The van der Waals surface area contributed by atoms with Gasteiger partial charge in [-0.1, -0.05) is 0 Å². The van der Waals surface area contributed by atoms with E-state index < -0.39 is 12.0 Å². The van der Waals surface area contributed by atoms with Crippen LogP contribution in [-0.2, 0) is 19.1 Å². The Kier molecular flexibility index (Phi) is 6.44. The van der Waals surface area contributed by atoms with Gasteiger partial charge in [-0.2, -0.15) is 0 Å². The molecule has 0 aromatic carbocycles. The van der Waals surface area contributed by atoms with E-state index in [1.807, 2.05) is 6.92 Å². The summed E-state index contributed by atoms with van der Waals surface area (Å²) in [4.78, 5) is 36.3. The second kappa shape index (κ2) is 7.84. The molecule has 1 aliphatic rings. The number of rotatable bonds is 6. The predicted octanol–water partition coefficient (Wildman–Crippen LogP) is -0.149. The molecule has 0 aliphatic carbocycles. The Balaban J connectivity index is 2.70. The number of aliphatic carboxylic acids is 1. The van der Waals surface area contributed by atoms with Crippen LogP contribution in [0.15, 0.2) is 0 Å². The van der Waals surface area contributed by atoms with Gasteiger partial charge < -0.3 is 20.1 Å². The summed E-state index contributed by atoms with van der Waals surface area (Å²) in [5.41, 5.74) is 0. The van der Waals surface area contributed by atoms with Gasteiger partial charge in [-0.3, -0.25) is 9.59 Å². The zero-order valence-corrected chi connectivity index (χ0v) is 11.9. The number of carboxylic acid groups (broad SMARTS) is 1. The summed E-state index contributed by atoms with van der Waals surface area (Å²) >= 11 is 0. The first-order valence-electron chi connectivity index (χ1n) is 6.82. The molecule has 1 aliphatic heterocycles. The first kappa shape index (κ1) is 16.4. The SMILES string of the molecule is CCOCCC(=O)N1C[C@@H](C(=O)NC)CC[C@H]1C(=O)O. The topological polar surface area (TPSA) is 95.9 Å². The molecule has 0 aromatic heterocycles. The summed E-state index contributed by atoms with van der Waals surface area (Å²) in [6.07, 6.45) is 0.914. The zero-order valence-electron chi connectivity index (χ0n) is 11.9. The van der Waals surface area contributed by atoms with Crippen molar-refractivity contribution in [2.24, 2.45) is 5.92 Å². The molecule has 2 atom stereocenters. The molecule has 7 heteroatoms. The summed E-state index contributed by atoms with van der Waals surface area (Å²) in [5.74, 6) is -1.80. The molecule has 1 heterocycles. The van der Waals surface area contributed by atoms with Crippen molar-refractivity contribution < 1.29 is 24.2 Å². The van der Waals surface area contributed by atoms with E-state index in [0.29, 0.717) is 19.4 Å². The van der Waals surface area contributed by atoms with E-state index in [0.717, 1.165) is 0 Å². The fraction of sp³-hybridized carbons (Fsp3) is 0.769. The van der Waals surface area contributed by atoms with Gasteiger partial charge in [-0.25, -0.2) is 4.79 Å². The zero-order chi connectivity index (χ0) is 15.1. The van der Waals surface area contributed by atoms with Crippen molar-refractivity contribution in [1.82, 2.24) is 10.2 Å². The van der Waals surface area contributed by atoms with Gasteiger partial charge >= 0.3 is 5.97 Å². The Labute approximate surface area is 118 Å². The minimum absolute atomic E-state index is 0.137. The first-order valence-corrected chi connectivity index (χ1v) is 6.82. The lowest BCUT2D eigenvalue weighted by atomic mass is 9.91. The number of piperidine rings is 1. The van der Waals surface area contributed by atoms with Crippen LogP contribution in [0.2, 0.25) is 0 Å². The van der Waals surface area contributed by atoms with Gasteiger partial charge in [0.05, 0.1) is 18.9 Å². The number of hydrogen-bond acceptors (Lipinski definition) is 4.